The first-order chi connectivity index (χ1) is 15.4. The largest absolute Gasteiger partial charge is 0.419 e. The molecule has 0 fully saturated rings. The van der Waals surface area contributed by atoms with Crippen molar-refractivity contribution in [1.29, 1.82) is 0 Å². The molecule has 32 heavy (non-hydrogen) atoms. The van der Waals surface area contributed by atoms with E-state index in [0.717, 1.165) is 10.9 Å². The van der Waals surface area contributed by atoms with Crippen LogP contribution in [-0.2, 0) is 22.6 Å². The van der Waals surface area contributed by atoms with Gasteiger partial charge in [-0.05, 0) is 36.2 Å². The van der Waals surface area contributed by atoms with Gasteiger partial charge in [-0.2, -0.15) is 0 Å². The topological polar surface area (TPSA) is 102 Å². The van der Waals surface area contributed by atoms with E-state index in [2.05, 4.69) is 34.7 Å². The molecule has 0 aliphatic heterocycles. The Morgan fingerprint density at radius 3 is 2.50 bits per heavy atom. The van der Waals surface area contributed by atoms with E-state index < -0.39 is 0 Å². The molecule has 0 atom stereocenters. The summed E-state index contributed by atoms with van der Waals surface area (Å²) in [7, 11) is 0. The number of para-hydroxylation sites is 1. The monoisotopic (exact) mass is 431 g/mol. The number of amides is 2. The summed E-state index contributed by atoms with van der Waals surface area (Å²) in [6, 6.07) is 16.8. The van der Waals surface area contributed by atoms with E-state index >= 15 is 0 Å². The fraction of sp³-hybridized carbons (Fsp3) is 0.250. The zero-order chi connectivity index (χ0) is 22.7. The number of benzene rings is 2. The Morgan fingerprint density at radius 1 is 1.00 bits per heavy atom. The maximum atomic E-state index is 12.9. The smallest absolute Gasteiger partial charge is 0.264 e. The third kappa shape index (κ3) is 4.85. The lowest BCUT2D eigenvalue weighted by Gasteiger charge is -2.11. The second kappa shape index (κ2) is 9.05. The Labute approximate surface area is 185 Å². The molecule has 2 amide bonds. The van der Waals surface area contributed by atoms with E-state index in [9.17, 15) is 9.59 Å². The van der Waals surface area contributed by atoms with Crippen LogP contribution in [0.25, 0.3) is 22.5 Å². The van der Waals surface area contributed by atoms with E-state index in [1.54, 1.807) is 24.3 Å². The number of rotatable bonds is 7. The number of aromatic nitrogens is 3. The van der Waals surface area contributed by atoms with Gasteiger partial charge in [-0.25, -0.2) is 0 Å². The van der Waals surface area contributed by atoms with E-state index in [1.165, 1.54) is 6.92 Å². The highest BCUT2D eigenvalue weighted by Crippen LogP contribution is 2.28. The average Bonchev–Trinajstić information content (AvgIpc) is 3.32. The molecule has 2 aromatic carbocycles. The first kappa shape index (κ1) is 21.3. The van der Waals surface area contributed by atoms with E-state index in [1.807, 2.05) is 34.9 Å². The van der Waals surface area contributed by atoms with Gasteiger partial charge in [0.15, 0.2) is 0 Å². The van der Waals surface area contributed by atoms with Crippen LogP contribution in [0.4, 0.5) is 11.4 Å². The molecule has 4 aromatic rings. The molecule has 2 aromatic heterocycles. The molecule has 2 heterocycles. The van der Waals surface area contributed by atoms with Crippen molar-refractivity contribution in [2.24, 2.45) is 5.92 Å². The normalized spacial score (nSPS) is 11.1. The molecule has 0 saturated heterocycles. The van der Waals surface area contributed by atoms with Crippen LogP contribution in [0.5, 0.6) is 0 Å². The number of anilines is 2. The Bertz CT molecular complexity index is 1270. The minimum absolute atomic E-state index is 0.0646. The summed E-state index contributed by atoms with van der Waals surface area (Å²) in [6.07, 6.45) is 0.693. The van der Waals surface area contributed by atoms with Crippen molar-refractivity contribution in [3.63, 3.8) is 0 Å². The quantitative estimate of drug-likeness (QED) is 0.449. The van der Waals surface area contributed by atoms with Gasteiger partial charge in [0.05, 0.1) is 0 Å². The molecule has 0 bridgehead atoms. The molecule has 8 heteroatoms. The maximum absolute atomic E-state index is 12.9. The van der Waals surface area contributed by atoms with Gasteiger partial charge < -0.3 is 19.6 Å². The first-order valence-corrected chi connectivity index (χ1v) is 10.5. The lowest BCUT2D eigenvalue weighted by molar-refractivity contribution is -0.116. The second-order valence-corrected chi connectivity index (χ2v) is 8.08. The zero-order valence-corrected chi connectivity index (χ0v) is 18.3. The number of carbonyl (C=O) groups excluding carboxylic acids is 2. The van der Waals surface area contributed by atoms with Crippen LogP contribution in [0.2, 0.25) is 0 Å². The van der Waals surface area contributed by atoms with Crippen molar-refractivity contribution in [2.45, 2.75) is 33.7 Å². The molecular weight excluding hydrogens is 406 g/mol. The average molecular weight is 431 g/mol. The number of hydrogen-bond acceptors (Lipinski definition) is 5. The van der Waals surface area contributed by atoms with Crippen LogP contribution in [-0.4, -0.2) is 26.6 Å². The fourth-order valence-electron chi connectivity index (χ4n) is 3.57. The van der Waals surface area contributed by atoms with Gasteiger partial charge in [-0.3, -0.25) is 9.59 Å². The molecule has 0 radical (unpaired) electrons. The highest BCUT2D eigenvalue weighted by molar-refractivity contribution is 5.95. The summed E-state index contributed by atoms with van der Waals surface area (Å²) >= 11 is 0. The summed E-state index contributed by atoms with van der Waals surface area (Å²) in [6.45, 7) is 5.68. The van der Waals surface area contributed by atoms with Gasteiger partial charge in [0.1, 0.15) is 12.2 Å². The highest BCUT2D eigenvalue weighted by atomic mass is 16.4. The maximum Gasteiger partial charge on any atom is 0.264 e. The van der Waals surface area contributed by atoms with Gasteiger partial charge in [-0.15, -0.1) is 10.2 Å². The van der Waals surface area contributed by atoms with Gasteiger partial charge in [-0.1, -0.05) is 38.1 Å². The minimum atomic E-state index is -0.213. The van der Waals surface area contributed by atoms with Crippen LogP contribution in [0, 0.1) is 5.92 Å². The van der Waals surface area contributed by atoms with Crippen LogP contribution < -0.4 is 10.6 Å². The minimum Gasteiger partial charge on any atom is -0.419 e. The Morgan fingerprint density at radius 2 is 1.75 bits per heavy atom. The number of carbonyl (C=O) groups is 2. The van der Waals surface area contributed by atoms with Crippen molar-refractivity contribution < 1.29 is 14.0 Å². The predicted molar refractivity (Wildman–Crippen MR) is 123 cm³/mol. The summed E-state index contributed by atoms with van der Waals surface area (Å²) in [5, 5.41) is 15.0. The molecule has 0 spiro atoms. The second-order valence-electron chi connectivity index (χ2n) is 8.08. The number of fused-ring (bicyclic) bond motifs is 1. The number of nitrogens with one attached hydrogen (secondary N) is 2. The SMILES string of the molecule is CC(=O)Nc1cccc(NC(=O)Cn2c(-c3nnc(CC(C)C)o3)cc3ccccc32)c1. The molecular formula is C24H25N5O3. The van der Waals surface area contributed by atoms with Gasteiger partial charge >= 0.3 is 0 Å². The standard InChI is InChI=1S/C24H25N5O3/c1-15(2)11-23-27-28-24(32-23)21-12-17-7-4-5-10-20(17)29(21)14-22(31)26-19-9-6-8-18(13-19)25-16(3)30/h4-10,12-13,15H,11,14H2,1-3H3,(H,25,30)(H,26,31). The Kier molecular flexibility index (Phi) is 6.02. The third-order valence-electron chi connectivity index (χ3n) is 4.85. The van der Waals surface area contributed by atoms with Crippen molar-refractivity contribution in [2.75, 3.05) is 10.6 Å². The van der Waals surface area contributed by atoms with Crippen molar-refractivity contribution in [3.05, 3.63) is 60.5 Å². The summed E-state index contributed by atoms with van der Waals surface area (Å²) in [5.74, 6) is 0.972. The first-order valence-electron chi connectivity index (χ1n) is 10.5. The molecule has 164 valence electrons. The summed E-state index contributed by atoms with van der Waals surface area (Å²) < 4.78 is 7.76. The molecule has 0 aliphatic carbocycles. The lowest BCUT2D eigenvalue weighted by Crippen LogP contribution is -2.19. The molecule has 0 saturated carbocycles. The molecule has 0 unspecified atom stereocenters. The number of nitrogens with zero attached hydrogens (tertiary/aromatic N) is 3. The zero-order valence-electron chi connectivity index (χ0n) is 18.3. The predicted octanol–water partition coefficient (Wildman–Crippen LogP) is 4.49. The van der Waals surface area contributed by atoms with Crippen LogP contribution in [0.1, 0.15) is 26.7 Å². The summed E-state index contributed by atoms with van der Waals surface area (Å²) in [4.78, 5) is 24.2. The Balaban J connectivity index is 1.61. The third-order valence-corrected chi connectivity index (χ3v) is 4.85. The van der Waals surface area contributed by atoms with Crippen LogP contribution >= 0.6 is 0 Å². The van der Waals surface area contributed by atoms with Crippen molar-refractivity contribution in [3.8, 4) is 11.6 Å². The van der Waals surface area contributed by atoms with Crippen molar-refractivity contribution >= 4 is 34.1 Å². The van der Waals surface area contributed by atoms with Crippen LogP contribution in [0.15, 0.2) is 59.0 Å². The Hall–Kier alpha value is -3.94. The fourth-order valence-corrected chi connectivity index (χ4v) is 3.57. The molecule has 0 aliphatic rings. The molecule has 2 N–H and O–H groups in total. The van der Waals surface area contributed by atoms with Crippen LogP contribution in [0.3, 0.4) is 0 Å². The number of hydrogen-bond donors (Lipinski definition) is 2. The highest BCUT2D eigenvalue weighted by Gasteiger charge is 2.19. The summed E-state index contributed by atoms with van der Waals surface area (Å²) in [5.41, 5.74) is 2.80. The lowest BCUT2D eigenvalue weighted by atomic mass is 10.1. The van der Waals surface area contributed by atoms with Gasteiger partial charge in [0, 0.05) is 35.6 Å². The van der Waals surface area contributed by atoms with E-state index in [0.29, 0.717) is 41.2 Å². The van der Waals surface area contributed by atoms with Gasteiger partial charge in [0.25, 0.3) is 5.89 Å². The molecule has 4 rings (SSSR count). The van der Waals surface area contributed by atoms with E-state index in [4.69, 9.17) is 4.42 Å². The van der Waals surface area contributed by atoms with Crippen molar-refractivity contribution in [1.82, 2.24) is 14.8 Å². The molecule has 8 nitrogen and oxygen atoms in total. The van der Waals surface area contributed by atoms with Gasteiger partial charge in [0.2, 0.25) is 17.7 Å². The van der Waals surface area contributed by atoms with E-state index in [-0.39, 0.29) is 18.4 Å².